The Morgan fingerprint density at radius 2 is 1.71 bits per heavy atom. The number of fused-ring (bicyclic) bond motifs is 1. The van der Waals surface area contributed by atoms with Crippen molar-refractivity contribution < 1.29 is 42.3 Å². The lowest BCUT2D eigenvalue weighted by atomic mass is 9.82. The van der Waals surface area contributed by atoms with E-state index in [0.29, 0.717) is 12.8 Å². The van der Waals surface area contributed by atoms with Crippen LogP contribution in [0.15, 0.2) is 31.2 Å². The summed E-state index contributed by atoms with van der Waals surface area (Å²) in [4.78, 5) is 77.7. The third-order valence-electron chi connectivity index (χ3n) is 10.8. The van der Waals surface area contributed by atoms with E-state index in [9.17, 15) is 42.3 Å². The molecule has 13 nitrogen and oxygen atoms in total. The van der Waals surface area contributed by atoms with Crippen molar-refractivity contribution >= 4 is 29.5 Å². The number of alkyl halides is 3. The normalized spacial score (nSPS) is 23.6. The molecule has 4 rings (SSSR count). The van der Waals surface area contributed by atoms with Gasteiger partial charge in [0, 0.05) is 31.9 Å². The summed E-state index contributed by atoms with van der Waals surface area (Å²) >= 11 is 0. The minimum Gasteiger partial charge on any atom is -0.381 e. The van der Waals surface area contributed by atoms with Gasteiger partial charge in [-0.15, -0.1) is 6.58 Å². The molecule has 1 aliphatic heterocycles. The van der Waals surface area contributed by atoms with Crippen LogP contribution in [0.2, 0.25) is 0 Å². The van der Waals surface area contributed by atoms with Crippen LogP contribution in [0.1, 0.15) is 90.1 Å². The van der Waals surface area contributed by atoms with E-state index in [4.69, 9.17) is 0 Å². The van der Waals surface area contributed by atoms with Crippen molar-refractivity contribution in [2.45, 2.75) is 116 Å². The number of aliphatic hydroxyl groups is 1. The van der Waals surface area contributed by atoms with Gasteiger partial charge in [0.05, 0.1) is 12.2 Å². The molecule has 0 spiro atoms. The molecule has 288 valence electrons. The minimum atomic E-state index is -4.62. The highest BCUT2D eigenvalue weighted by Crippen LogP contribution is 2.65. The summed E-state index contributed by atoms with van der Waals surface area (Å²) in [6.45, 7) is 12.7. The lowest BCUT2D eigenvalue weighted by Gasteiger charge is -2.39. The third-order valence-corrected chi connectivity index (χ3v) is 10.8. The largest absolute Gasteiger partial charge is 0.389 e. The quantitative estimate of drug-likeness (QED) is 0.181. The number of hydrogen-bond acceptors (Lipinski definition) is 8. The maximum absolute atomic E-state index is 14.5. The summed E-state index contributed by atoms with van der Waals surface area (Å²) in [6, 6.07) is -4.90. The molecule has 2 unspecified atom stereocenters. The number of amides is 5. The van der Waals surface area contributed by atoms with Crippen molar-refractivity contribution in [1.29, 1.82) is 0 Å². The van der Waals surface area contributed by atoms with Crippen molar-refractivity contribution in [1.82, 2.24) is 36.1 Å². The minimum absolute atomic E-state index is 0.0316. The van der Waals surface area contributed by atoms with Crippen LogP contribution in [-0.2, 0) is 19.2 Å². The first-order valence-corrected chi connectivity index (χ1v) is 17.9. The van der Waals surface area contributed by atoms with Crippen molar-refractivity contribution in [3.05, 3.63) is 36.9 Å². The number of halogens is 3. The summed E-state index contributed by atoms with van der Waals surface area (Å²) < 4.78 is 39.8. The average Bonchev–Trinajstić information content (AvgIpc) is 3.39. The van der Waals surface area contributed by atoms with E-state index in [1.807, 2.05) is 13.8 Å². The molecule has 3 aliphatic rings. The number of aliphatic hydroxyl groups excluding tert-OH is 1. The molecule has 16 heteroatoms. The number of carbonyl (C=O) groups is 5. The Morgan fingerprint density at radius 1 is 1.04 bits per heavy atom. The number of aromatic nitrogens is 2. The van der Waals surface area contributed by atoms with Crippen LogP contribution < -0.4 is 21.3 Å². The zero-order chi connectivity index (χ0) is 38.6. The molecule has 7 atom stereocenters. The van der Waals surface area contributed by atoms with Crippen LogP contribution in [-0.4, -0.2) is 99.0 Å². The Kier molecular flexibility index (Phi) is 12.8. The number of rotatable bonds is 14. The molecule has 2 heterocycles. The molecule has 0 radical (unpaired) electrons. The highest BCUT2D eigenvalue weighted by atomic mass is 19.4. The smallest absolute Gasteiger partial charge is 0.381 e. The van der Waals surface area contributed by atoms with Crippen molar-refractivity contribution in [2.75, 3.05) is 13.1 Å². The van der Waals surface area contributed by atoms with Gasteiger partial charge < -0.3 is 31.3 Å². The number of nitrogens with one attached hydrogen (secondary N) is 4. The molecule has 5 N–H and O–H groups in total. The summed E-state index contributed by atoms with van der Waals surface area (Å²) in [7, 11) is 0. The first kappa shape index (κ1) is 40.7. The van der Waals surface area contributed by atoms with Gasteiger partial charge in [0.15, 0.2) is 6.10 Å². The molecule has 1 aromatic rings. The predicted octanol–water partition coefficient (Wildman–Crippen LogP) is 2.66. The van der Waals surface area contributed by atoms with Crippen LogP contribution >= 0.6 is 0 Å². The van der Waals surface area contributed by atoms with E-state index < -0.39 is 84.2 Å². The highest BCUT2D eigenvalue weighted by molar-refractivity contribution is 5.98. The second-order valence-corrected chi connectivity index (χ2v) is 15.9. The SMILES string of the molecule is C=CCNC(=O)C(O)C(CCC(F)(F)F)NC(=O)[C@@H]1[C@@H]2[C@H](CN1C(=O)[C@@H](NC(=O)[C@@H](NC(=O)c1cnccn1)C1CCCCC1)C(C)(C)C)C2(C)C. The van der Waals surface area contributed by atoms with E-state index in [0.717, 1.165) is 19.3 Å². The average molecular weight is 736 g/mol. The molecule has 5 amide bonds. The first-order chi connectivity index (χ1) is 24.3. The van der Waals surface area contributed by atoms with E-state index >= 15 is 0 Å². The summed E-state index contributed by atoms with van der Waals surface area (Å²) in [6.07, 6.45) is 0.740. The fraction of sp³-hybridized carbons (Fsp3) is 0.694. The molecule has 2 saturated carbocycles. The molecule has 0 bridgehead atoms. The zero-order valence-electron chi connectivity index (χ0n) is 30.5. The van der Waals surface area contributed by atoms with Gasteiger partial charge in [-0.3, -0.25) is 29.0 Å². The van der Waals surface area contributed by atoms with Gasteiger partial charge in [-0.2, -0.15) is 13.2 Å². The van der Waals surface area contributed by atoms with E-state index in [2.05, 4.69) is 37.8 Å². The molecule has 2 aliphatic carbocycles. The molecule has 1 aromatic heterocycles. The second kappa shape index (κ2) is 16.3. The first-order valence-electron chi connectivity index (χ1n) is 17.9. The number of likely N-dealkylation sites (tertiary alicyclic amines) is 1. The van der Waals surface area contributed by atoms with Crippen LogP contribution in [0, 0.1) is 28.6 Å². The summed E-state index contributed by atoms with van der Waals surface area (Å²) in [5.74, 6) is -4.17. The summed E-state index contributed by atoms with van der Waals surface area (Å²) in [5, 5.41) is 21.2. The zero-order valence-corrected chi connectivity index (χ0v) is 30.5. The van der Waals surface area contributed by atoms with Gasteiger partial charge in [-0.1, -0.05) is 60.0 Å². The Labute approximate surface area is 302 Å². The van der Waals surface area contributed by atoms with Gasteiger partial charge in [0.2, 0.25) is 17.7 Å². The molecule has 3 fully saturated rings. The Balaban J connectivity index is 1.59. The Morgan fingerprint density at radius 3 is 2.29 bits per heavy atom. The van der Waals surface area contributed by atoms with Crippen molar-refractivity contribution in [3.8, 4) is 0 Å². The van der Waals surface area contributed by atoms with Crippen molar-refractivity contribution in [2.24, 2.45) is 28.6 Å². The van der Waals surface area contributed by atoms with Crippen LogP contribution in [0.3, 0.4) is 0 Å². The van der Waals surface area contributed by atoms with E-state index in [1.165, 1.54) is 29.6 Å². The van der Waals surface area contributed by atoms with Gasteiger partial charge in [-0.25, -0.2) is 4.98 Å². The molecule has 1 saturated heterocycles. The fourth-order valence-corrected chi connectivity index (χ4v) is 7.71. The highest BCUT2D eigenvalue weighted by Gasteiger charge is 2.70. The number of carbonyl (C=O) groups excluding carboxylic acids is 5. The fourth-order valence-electron chi connectivity index (χ4n) is 7.71. The Hall–Kier alpha value is -4.08. The number of piperidine rings is 1. The molecule has 52 heavy (non-hydrogen) atoms. The molecular weight excluding hydrogens is 683 g/mol. The molecule has 0 aromatic carbocycles. The maximum Gasteiger partial charge on any atom is 0.389 e. The van der Waals surface area contributed by atoms with Crippen LogP contribution in [0.5, 0.6) is 0 Å². The van der Waals surface area contributed by atoms with Gasteiger partial charge in [0.25, 0.3) is 11.8 Å². The number of nitrogens with zero attached hydrogens (tertiary/aromatic N) is 3. The van der Waals surface area contributed by atoms with Gasteiger partial charge in [-0.05, 0) is 47.8 Å². The lowest BCUT2D eigenvalue weighted by molar-refractivity contribution is -0.148. The van der Waals surface area contributed by atoms with E-state index in [-0.39, 0.29) is 42.0 Å². The predicted molar refractivity (Wildman–Crippen MR) is 184 cm³/mol. The standard InChI is InChI=1S/C36H52F3N7O6/c1-7-15-42-32(51)27(47)22(13-14-36(37,38)39)43-31(50)26-24-21(35(24,5)6)19-46(26)33(52)28(34(2,3)4)45-30(49)25(20-11-9-8-10-12-20)44-29(48)23-18-40-16-17-41-23/h7,16-18,20-22,24-28,47H,1,8-15,19H2,2-6H3,(H,42,51)(H,43,50)(H,44,48)(H,45,49)/t21-,22?,24-,25-,26-,27?,28+/m0/s1. The van der Waals surface area contributed by atoms with Crippen LogP contribution in [0.25, 0.3) is 0 Å². The second-order valence-electron chi connectivity index (χ2n) is 15.9. The van der Waals surface area contributed by atoms with Gasteiger partial charge >= 0.3 is 6.18 Å². The van der Waals surface area contributed by atoms with Crippen LogP contribution in [0.4, 0.5) is 13.2 Å². The Bertz CT molecular complexity index is 1480. The monoisotopic (exact) mass is 735 g/mol. The van der Waals surface area contributed by atoms with E-state index in [1.54, 1.807) is 20.8 Å². The summed E-state index contributed by atoms with van der Waals surface area (Å²) in [5.41, 5.74) is -1.22. The number of hydrogen-bond donors (Lipinski definition) is 5. The third kappa shape index (κ3) is 9.66. The maximum atomic E-state index is 14.5. The van der Waals surface area contributed by atoms with Gasteiger partial charge in [0.1, 0.15) is 23.8 Å². The topological polar surface area (TPSA) is 183 Å². The van der Waals surface area contributed by atoms with Crippen molar-refractivity contribution in [3.63, 3.8) is 0 Å². The molecular formula is C36H52F3N7O6. The lowest BCUT2D eigenvalue weighted by Crippen LogP contribution is -2.63.